The van der Waals surface area contributed by atoms with Crippen LogP contribution in [0.3, 0.4) is 0 Å². The molecule has 0 unspecified atom stereocenters. The van der Waals surface area contributed by atoms with Crippen molar-refractivity contribution in [1.29, 1.82) is 0 Å². The van der Waals surface area contributed by atoms with Crippen molar-refractivity contribution < 1.29 is 33.4 Å². The molecule has 2 bridgehead atoms. The third-order valence-corrected chi connectivity index (χ3v) is 7.36. The minimum absolute atomic E-state index is 0.0699. The average Bonchev–Trinajstić information content (AvgIpc) is 2.86. The number of hydrogen-bond donors (Lipinski definition) is 1. The summed E-state index contributed by atoms with van der Waals surface area (Å²) in [6, 6.07) is 12.5. The predicted molar refractivity (Wildman–Crippen MR) is 134 cm³/mol. The summed E-state index contributed by atoms with van der Waals surface area (Å²) in [5.74, 6) is -1.40. The largest absolute Gasteiger partial charge is 0.463 e. The molecule has 6 rings (SSSR count). The van der Waals surface area contributed by atoms with Crippen molar-refractivity contribution in [3.05, 3.63) is 75.8 Å². The Balaban J connectivity index is 1.44. The van der Waals surface area contributed by atoms with Gasteiger partial charge in [-0.15, -0.1) is 0 Å². The number of anilines is 1. The van der Waals surface area contributed by atoms with E-state index in [2.05, 4.69) is 5.32 Å². The van der Waals surface area contributed by atoms with E-state index in [1.807, 2.05) is 37.3 Å². The average molecular weight is 500 g/mol. The molecule has 37 heavy (non-hydrogen) atoms. The molecule has 0 saturated carbocycles. The maximum atomic E-state index is 13.9. The molecule has 188 valence electrons. The minimum Gasteiger partial charge on any atom is -0.463 e. The van der Waals surface area contributed by atoms with E-state index in [9.17, 15) is 19.2 Å². The Hall–Kier alpha value is -4.04. The fourth-order valence-corrected chi connectivity index (χ4v) is 5.80. The molecule has 0 spiro atoms. The normalized spacial score (nSPS) is 23.4. The lowest BCUT2D eigenvalue weighted by Crippen LogP contribution is -2.55. The molecule has 4 atom stereocenters. The molecule has 2 heterocycles. The number of aryl methyl sites for hydroxylation is 1. The van der Waals surface area contributed by atoms with E-state index < -0.39 is 36.3 Å². The molecule has 8 heteroatoms. The highest BCUT2D eigenvalue weighted by Gasteiger charge is 2.47. The first-order chi connectivity index (χ1) is 17.7. The Labute approximate surface area is 212 Å². The molecule has 1 aliphatic carbocycles. The monoisotopic (exact) mass is 499 g/mol. The van der Waals surface area contributed by atoms with Gasteiger partial charge in [-0.3, -0.25) is 19.2 Å². The van der Waals surface area contributed by atoms with Gasteiger partial charge in [0.25, 0.3) is 0 Å². The molecule has 8 nitrogen and oxygen atoms in total. The third-order valence-electron chi connectivity index (χ3n) is 7.36. The van der Waals surface area contributed by atoms with Crippen molar-refractivity contribution in [2.45, 2.75) is 51.5 Å². The summed E-state index contributed by atoms with van der Waals surface area (Å²) >= 11 is 0. The van der Waals surface area contributed by atoms with E-state index >= 15 is 0 Å². The van der Waals surface area contributed by atoms with Gasteiger partial charge in [-0.2, -0.15) is 0 Å². The van der Waals surface area contributed by atoms with Gasteiger partial charge in [-0.25, -0.2) is 0 Å². The van der Waals surface area contributed by atoms with E-state index in [0.29, 0.717) is 34.4 Å². The van der Waals surface area contributed by atoms with E-state index in [1.165, 1.54) is 13.8 Å². The summed E-state index contributed by atoms with van der Waals surface area (Å²) in [7, 11) is 0. The van der Waals surface area contributed by atoms with Crippen molar-refractivity contribution in [2.24, 2.45) is 0 Å². The molecule has 1 fully saturated rings. The van der Waals surface area contributed by atoms with Gasteiger partial charge >= 0.3 is 11.9 Å². The second-order valence-electron chi connectivity index (χ2n) is 9.85. The number of hydrogen-bond acceptors (Lipinski definition) is 8. The van der Waals surface area contributed by atoms with Crippen LogP contribution in [0.5, 0.6) is 0 Å². The Kier molecular flexibility index (Phi) is 5.38. The Morgan fingerprint density at radius 1 is 0.973 bits per heavy atom. The summed E-state index contributed by atoms with van der Waals surface area (Å²) in [5.41, 5.74) is 3.75. The van der Waals surface area contributed by atoms with Crippen LogP contribution in [-0.4, -0.2) is 48.4 Å². The summed E-state index contributed by atoms with van der Waals surface area (Å²) in [6.45, 7) is 4.52. The van der Waals surface area contributed by atoms with Gasteiger partial charge in [-0.1, -0.05) is 35.9 Å². The summed E-state index contributed by atoms with van der Waals surface area (Å²) in [6.07, 6.45) is -1.36. The van der Waals surface area contributed by atoms with Crippen LogP contribution >= 0.6 is 0 Å². The second kappa shape index (κ2) is 8.52. The number of nitrogens with one attached hydrogen (secondary N) is 1. The zero-order valence-corrected chi connectivity index (χ0v) is 20.6. The lowest BCUT2D eigenvalue weighted by Gasteiger charge is -2.46. The zero-order chi connectivity index (χ0) is 26.0. The highest BCUT2D eigenvalue weighted by Crippen LogP contribution is 2.46. The van der Waals surface area contributed by atoms with E-state index in [0.717, 1.165) is 21.9 Å². The SMILES string of the molecule is CC(=O)OC[C@H]1O[C@@H]2C[C@@H](Nc3c2ccc2c3C(=O)c3ccc4cc(C)ccc4c3C2=O)[C@H]1OC(C)=O. The van der Waals surface area contributed by atoms with Gasteiger partial charge in [0.2, 0.25) is 0 Å². The summed E-state index contributed by atoms with van der Waals surface area (Å²) < 4.78 is 17.0. The highest BCUT2D eigenvalue weighted by atomic mass is 16.6. The van der Waals surface area contributed by atoms with Gasteiger partial charge < -0.3 is 19.5 Å². The number of fused-ring (bicyclic) bond motifs is 9. The van der Waals surface area contributed by atoms with Crippen LogP contribution in [0.2, 0.25) is 0 Å². The first-order valence-corrected chi connectivity index (χ1v) is 12.2. The molecule has 2 aliphatic heterocycles. The van der Waals surface area contributed by atoms with E-state index in [-0.39, 0.29) is 18.2 Å². The van der Waals surface area contributed by atoms with Crippen molar-refractivity contribution in [2.75, 3.05) is 11.9 Å². The van der Waals surface area contributed by atoms with Gasteiger partial charge in [0.1, 0.15) is 12.7 Å². The highest BCUT2D eigenvalue weighted by molar-refractivity contribution is 6.33. The van der Waals surface area contributed by atoms with Gasteiger partial charge in [0.05, 0.1) is 23.4 Å². The van der Waals surface area contributed by atoms with Gasteiger partial charge in [0, 0.05) is 42.5 Å². The minimum atomic E-state index is -0.744. The number of benzene rings is 3. The van der Waals surface area contributed by atoms with Crippen LogP contribution in [0, 0.1) is 6.92 Å². The van der Waals surface area contributed by atoms with Gasteiger partial charge in [0.15, 0.2) is 17.7 Å². The van der Waals surface area contributed by atoms with Crippen LogP contribution in [0.15, 0.2) is 42.5 Å². The number of carbonyl (C=O) groups excluding carboxylic acids is 4. The quantitative estimate of drug-likeness (QED) is 0.421. The van der Waals surface area contributed by atoms with E-state index in [1.54, 1.807) is 12.1 Å². The van der Waals surface area contributed by atoms with Crippen LogP contribution in [-0.2, 0) is 23.8 Å². The molecule has 1 saturated heterocycles. The Morgan fingerprint density at radius 2 is 1.70 bits per heavy atom. The number of ketones is 2. The van der Waals surface area contributed by atoms with Crippen molar-refractivity contribution in [3.8, 4) is 0 Å². The molecule has 0 radical (unpaired) electrons. The fraction of sp³-hybridized carbons (Fsp3) is 0.310. The number of esters is 2. The van der Waals surface area contributed by atoms with Crippen molar-refractivity contribution in [1.82, 2.24) is 0 Å². The van der Waals surface area contributed by atoms with Crippen LogP contribution in [0.4, 0.5) is 5.69 Å². The van der Waals surface area contributed by atoms with Crippen LogP contribution < -0.4 is 5.32 Å². The standard InChI is InChI=1S/C29H25NO7/c1-13-4-6-17-16(10-13)5-7-19-24(17)27(33)20-9-8-18-22-11-21(30-26(18)25(20)28(19)34)29(36-15(3)32)23(37-22)12-35-14(2)31/h4-10,21-23,29-30H,11-12H2,1-3H3/t21-,22-,23-,29-/m1/s1. The van der Waals surface area contributed by atoms with Crippen LogP contribution in [0.25, 0.3) is 10.8 Å². The first-order valence-electron chi connectivity index (χ1n) is 12.2. The first kappa shape index (κ1) is 23.4. The lowest BCUT2D eigenvalue weighted by molar-refractivity contribution is -0.185. The Bertz CT molecular complexity index is 1520. The maximum Gasteiger partial charge on any atom is 0.303 e. The third kappa shape index (κ3) is 3.71. The Morgan fingerprint density at radius 3 is 2.46 bits per heavy atom. The molecular weight excluding hydrogens is 474 g/mol. The maximum absolute atomic E-state index is 13.9. The predicted octanol–water partition coefficient (Wildman–Crippen LogP) is 4.04. The number of ether oxygens (including phenoxy) is 3. The number of rotatable bonds is 3. The van der Waals surface area contributed by atoms with Crippen LogP contribution in [0.1, 0.15) is 69.3 Å². The molecular formula is C29H25NO7. The van der Waals surface area contributed by atoms with Crippen molar-refractivity contribution >= 4 is 40.0 Å². The molecule has 1 N–H and O–H groups in total. The summed E-state index contributed by atoms with van der Waals surface area (Å²) in [4.78, 5) is 50.9. The zero-order valence-electron chi connectivity index (χ0n) is 20.6. The lowest BCUT2D eigenvalue weighted by atomic mass is 9.77. The van der Waals surface area contributed by atoms with E-state index in [4.69, 9.17) is 14.2 Å². The number of carbonyl (C=O) groups is 4. The molecule has 3 aromatic rings. The second-order valence-corrected chi connectivity index (χ2v) is 9.85. The molecule has 0 amide bonds. The smallest absolute Gasteiger partial charge is 0.303 e. The summed E-state index contributed by atoms with van der Waals surface area (Å²) in [5, 5.41) is 5.04. The molecule has 3 aliphatic rings. The molecule has 3 aromatic carbocycles. The topological polar surface area (TPSA) is 108 Å². The molecule has 0 aromatic heterocycles. The van der Waals surface area contributed by atoms with Crippen molar-refractivity contribution in [3.63, 3.8) is 0 Å². The van der Waals surface area contributed by atoms with Gasteiger partial charge in [-0.05, 0) is 29.8 Å². The fourth-order valence-electron chi connectivity index (χ4n) is 5.80.